The van der Waals surface area contributed by atoms with Gasteiger partial charge >= 0.3 is 6.03 Å². The summed E-state index contributed by atoms with van der Waals surface area (Å²) in [6.07, 6.45) is 4.38. The molecule has 5 rings (SSSR count). The second-order valence-corrected chi connectivity index (χ2v) is 7.43. The van der Waals surface area contributed by atoms with Crippen LogP contribution in [0.1, 0.15) is 5.56 Å². The van der Waals surface area contributed by atoms with Gasteiger partial charge in [0, 0.05) is 74.9 Å². The molecule has 9 nitrogen and oxygen atoms in total. The summed E-state index contributed by atoms with van der Waals surface area (Å²) in [5, 5.41) is 21.6. The number of rotatable bonds is 2. The maximum atomic E-state index is 13.0. The number of benzene rings is 1. The molecule has 1 fully saturated rings. The summed E-state index contributed by atoms with van der Waals surface area (Å²) in [4.78, 5) is 21.5. The summed E-state index contributed by atoms with van der Waals surface area (Å²) in [6.45, 7) is 4.37. The molecule has 0 spiro atoms. The van der Waals surface area contributed by atoms with Crippen LogP contribution in [0.25, 0.3) is 10.9 Å². The largest absolute Gasteiger partial charge is 0.506 e. The number of urea groups is 1. The van der Waals surface area contributed by atoms with Crippen LogP contribution in [-0.4, -0.2) is 58.6 Å². The molecule has 0 unspecified atom stereocenters. The van der Waals surface area contributed by atoms with Crippen LogP contribution in [-0.2, 0) is 13.5 Å². The Morgan fingerprint density at radius 3 is 2.90 bits per heavy atom. The second-order valence-electron chi connectivity index (χ2n) is 7.43. The van der Waals surface area contributed by atoms with Crippen molar-refractivity contribution in [3.63, 3.8) is 0 Å². The number of carbonyl (C=O) groups excluding carboxylic acids is 1. The molecule has 150 valence electrons. The minimum atomic E-state index is -0.299. The van der Waals surface area contributed by atoms with Gasteiger partial charge in [-0.3, -0.25) is 9.58 Å². The predicted octanol–water partition coefficient (Wildman–Crippen LogP) is 1.68. The monoisotopic (exact) mass is 393 g/mol. The van der Waals surface area contributed by atoms with Gasteiger partial charge in [-0.1, -0.05) is 0 Å². The molecule has 0 aliphatic carbocycles. The molecule has 4 heterocycles. The summed E-state index contributed by atoms with van der Waals surface area (Å²) in [7, 11) is 1.82. The highest BCUT2D eigenvalue weighted by Gasteiger charge is 2.30. The van der Waals surface area contributed by atoms with E-state index in [4.69, 9.17) is 0 Å². The first kappa shape index (κ1) is 17.7. The SMILES string of the molecule is Cn1cc2cc(NC(=O)N3CCc4c(N5CCNCC5)ccnc43)c(O)cc2n1. The summed E-state index contributed by atoms with van der Waals surface area (Å²) in [6, 6.07) is 5.03. The number of piperazine rings is 1. The van der Waals surface area contributed by atoms with Crippen LogP contribution in [0.15, 0.2) is 30.6 Å². The van der Waals surface area contributed by atoms with Gasteiger partial charge in [-0.25, -0.2) is 9.78 Å². The summed E-state index contributed by atoms with van der Waals surface area (Å²) in [5.41, 5.74) is 3.31. The molecule has 2 aliphatic rings. The van der Waals surface area contributed by atoms with Crippen LogP contribution in [0.5, 0.6) is 5.75 Å². The van der Waals surface area contributed by atoms with Crippen molar-refractivity contribution in [2.75, 3.05) is 47.8 Å². The Balaban J connectivity index is 1.41. The Hall–Kier alpha value is -3.33. The minimum Gasteiger partial charge on any atom is -0.506 e. The number of carbonyl (C=O) groups is 1. The van der Waals surface area contributed by atoms with Crippen molar-refractivity contribution in [1.29, 1.82) is 0 Å². The van der Waals surface area contributed by atoms with Crippen LogP contribution in [0.3, 0.4) is 0 Å². The van der Waals surface area contributed by atoms with E-state index in [0.717, 1.165) is 49.2 Å². The minimum absolute atomic E-state index is 0.00787. The third-order valence-electron chi connectivity index (χ3n) is 5.53. The zero-order chi connectivity index (χ0) is 20.0. The number of hydrogen-bond donors (Lipinski definition) is 3. The van der Waals surface area contributed by atoms with Crippen molar-refractivity contribution >= 4 is 34.1 Å². The van der Waals surface area contributed by atoms with E-state index in [1.807, 2.05) is 19.3 Å². The fraction of sp³-hybridized carbons (Fsp3) is 0.350. The topological polar surface area (TPSA) is 98.6 Å². The Kier molecular flexibility index (Phi) is 4.24. The van der Waals surface area contributed by atoms with Crippen molar-refractivity contribution in [3.05, 3.63) is 36.2 Å². The molecule has 2 aliphatic heterocycles. The number of aromatic nitrogens is 3. The third-order valence-corrected chi connectivity index (χ3v) is 5.53. The fourth-order valence-corrected chi connectivity index (χ4v) is 4.14. The number of fused-ring (bicyclic) bond motifs is 2. The predicted molar refractivity (Wildman–Crippen MR) is 112 cm³/mol. The van der Waals surface area contributed by atoms with Gasteiger partial charge in [0.05, 0.1) is 11.2 Å². The molecule has 2 aromatic heterocycles. The van der Waals surface area contributed by atoms with E-state index in [-0.39, 0.29) is 11.8 Å². The van der Waals surface area contributed by atoms with Crippen LogP contribution in [0.4, 0.5) is 22.0 Å². The molecule has 1 saturated heterocycles. The van der Waals surface area contributed by atoms with Crippen molar-refractivity contribution in [1.82, 2.24) is 20.1 Å². The highest BCUT2D eigenvalue weighted by Crippen LogP contribution is 2.35. The molecule has 0 radical (unpaired) electrons. The number of amides is 2. The van der Waals surface area contributed by atoms with Gasteiger partial charge in [-0.05, 0) is 18.6 Å². The van der Waals surface area contributed by atoms with E-state index in [2.05, 4.69) is 25.6 Å². The van der Waals surface area contributed by atoms with Crippen molar-refractivity contribution in [3.8, 4) is 5.75 Å². The highest BCUT2D eigenvalue weighted by atomic mass is 16.3. The molecule has 0 saturated carbocycles. The van der Waals surface area contributed by atoms with Gasteiger partial charge in [-0.2, -0.15) is 5.10 Å². The fourth-order valence-electron chi connectivity index (χ4n) is 4.14. The number of aromatic hydroxyl groups is 1. The van der Waals surface area contributed by atoms with Crippen molar-refractivity contribution in [2.45, 2.75) is 6.42 Å². The number of hydrogen-bond acceptors (Lipinski definition) is 6. The van der Waals surface area contributed by atoms with E-state index in [9.17, 15) is 9.90 Å². The normalized spacial score (nSPS) is 16.3. The molecule has 3 N–H and O–H groups in total. The van der Waals surface area contributed by atoms with Gasteiger partial charge < -0.3 is 20.6 Å². The third kappa shape index (κ3) is 3.13. The van der Waals surface area contributed by atoms with E-state index in [0.29, 0.717) is 23.6 Å². The number of phenolic OH excluding ortho intramolecular Hbond substituents is 1. The van der Waals surface area contributed by atoms with Crippen molar-refractivity contribution < 1.29 is 9.90 Å². The van der Waals surface area contributed by atoms with Crippen LogP contribution in [0, 0.1) is 0 Å². The molecule has 29 heavy (non-hydrogen) atoms. The average molecular weight is 393 g/mol. The molecule has 1 aromatic carbocycles. The zero-order valence-electron chi connectivity index (χ0n) is 16.2. The van der Waals surface area contributed by atoms with Gasteiger partial charge in [0.2, 0.25) is 0 Å². The molecule has 0 bridgehead atoms. The smallest absolute Gasteiger partial charge is 0.327 e. The highest BCUT2D eigenvalue weighted by molar-refractivity contribution is 6.04. The van der Waals surface area contributed by atoms with Crippen molar-refractivity contribution in [2.24, 2.45) is 7.05 Å². The molecular weight excluding hydrogens is 370 g/mol. The van der Waals surface area contributed by atoms with Crippen LogP contribution < -0.4 is 20.4 Å². The average Bonchev–Trinajstić information content (AvgIpc) is 3.31. The second kappa shape index (κ2) is 6.93. The van der Waals surface area contributed by atoms with Gasteiger partial charge in [0.25, 0.3) is 0 Å². The zero-order valence-corrected chi connectivity index (χ0v) is 16.2. The van der Waals surface area contributed by atoms with Crippen LogP contribution >= 0.6 is 0 Å². The first-order chi connectivity index (χ1) is 14.1. The number of nitrogens with one attached hydrogen (secondary N) is 2. The Bertz CT molecular complexity index is 1090. The Morgan fingerprint density at radius 2 is 2.07 bits per heavy atom. The quantitative estimate of drug-likeness (QED) is 0.573. The standard InChI is InChI=1S/C20H23N7O2/c1-25-12-13-10-16(18(28)11-15(13)24-25)23-20(29)27-7-3-14-17(2-4-22-19(14)27)26-8-5-21-6-9-26/h2,4,10-12,21,28H,3,5-9H2,1H3,(H,23,29). The first-order valence-corrected chi connectivity index (χ1v) is 9.78. The maximum absolute atomic E-state index is 13.0. The number of nitrogens with zero attached hydrogens (tertiary/aromatic N) is 5. The summed E-state index contributed by atoms with van der Waals surface area (Å²) < 4.78 is 1.67. The molecule has 3 aromatic rings. The molecule has 2 amide bonds. The number of phenols is 1. The maximum Gasteiger partial charge on any atom is 0.327 e. The summed E-state index contributed by atoms with van der Waals surface area (Å²) in [5.74, 6) is 0.687. The van der Waals surface area contributed by atoms with E-state index in [1.165, 1.54) is 0 Å². The number of pyridine rings is 1. The van der Waals surface area contributed by atoms with Gasteiger partial charge in [-0.15, -0.1) is 0 Å². The van der Waals surface area contributed by atoms with Crippen LogP contribution in [0.2, 0.25) is 0 Å². The lowest BCUT2D eigenvalue weighted by atomic mass is 10.1. The Labute approximate surface area is 167 Å². The first-order valence-electron chi connectivity index (χ1n) is 9.78. The lowest BCUT2D eigenvalue weighted by Gasteiger charge is -2.31. The number of aryl methyl sites for hydroxylation is 1. The van der Waals surface area contributed by atoms with E-state index >= 15 is 0 Å². The van der Waals surface area contributed by atoms with Gasteiger partial charge in [0.15, 0.2) is 0 Å². The lowest BCUT2D eigenvalue weighted by molar-refractivity contribution is 0.257. The van der Waals surface area contributed by atoms with E-state index < -0.39 is 0 Å². The van der Waals surface area contributed by atoms with Gasteiger partial charge in [0.1, 0.15) is 11.6 Å². The Morgan fingerprint density at radius 1 is 1.24 bits per heavy atom. The molecular formula is C20H23N7O2. The molecule has 9 heteroatoms. The van der Waals surface area contributed by atoms with E-state index in [1.54, 1.807) is 27.9 Å². The number of anilines is 3. The summed E-state index contributed by atoms with van der Waals surface area (Å²) >= 11 is 0. The lowest BCUT2D eigenvalue weighted by Crippen LogP contribution is -2.43. The molecule has 0 atom stereocenters.